The van der Waals surface area contributed by atoms with E-state index in [1.54, 1.807) is 24.3 Å². The number of nitrogens with zero attached hydrogens (tertiary/aromatic N) is 1. The van der Waals surface area contributed by atoms with E-state index in [1.165, 1.54) is 0 Å². The molecule has 6 heteroatoms. The first-order valence-corrected chi connectivity index (χ1v) is 4.94. The van der Waals surface area contributed by atoms with Crippen LogP contribution >= 0.6 is 0 Å². The summed E-state index contributed by atoms with van der Waals surface area (Å²) in [6.07, 6.45) is -4.83. The summed E-state index contributed by atoms with van der Waals surface area (Å²) < 4.78 is 36.3. The van der Waals surface area contributed by atoms with E-state index in [1.807, 2.05) is 0 Å². The van der Waals surface area contributed by atoms with Gasteiger partial charge in [0, 0.05) is 20.1 Å². The Balaban J connectivity index is 2.68. The molecule has 0 atom stereocenters. The van der Waals surface area contributed by atoms with Crippen LogP contribution in [0.3, 0.4) is 0 Å². The van der Waals surface area contributed by atoms with Crippen molar-refractivity contribution in [2.75, 3.05) is 7.05 Å². The Labute approximate surface area is 97.0 Å². The second-order valence-corrected chi connectivity index (χ2v) is 3.68. The van der Waals surface area contributed by atoms with Gasteiger partial charge < -0.3 is 10.6 Å². The molecule has 0 heterocycles. The number of hydrogen-bond acceptors (Lipinski definition) is 2. The molecule has 0 saturated carbocycles. The van der Waals surface area contributed by atoms with Crippen molar-refractivity contribution in [1.82, 2.24) is 4.90 Å². The molecule has 0 aliphatic carbocycles. The van der Waals surface area contributed by atoms with E-state index in [9.17, 15) is 18.0 Å². The molecule has 1 aromatic rings. The maximum Gasteiger partial charge on any atom is 0.471 e. The molecule has 1 amide bonds. The number of benzene rings is 1. The Kier molecular flexibility index (Phi) is 4.11. The molecule has 0 aromatic heterocycles. The Bertz CT molecular complexity index is 387. The summed E-state index contributed by atoms with van der Waals surface area (Å²) in [7, 11) is 1.12. The predicted molar refractivity (Wildman–Crippen MR) is 56.9 cm³/mol. The molecule has 0 aliphatic rings. The maximum atomic E-state index is 12.1. The molecule has 3 nitrogen and oxygen atoms in total. The molecule has 2 N–H and O–H groups in total. The van der Waals surface area contributed by atoms with Crippen molar-refractivity contribution in [1.29, 1.82) is 0 Å². The summed E-state index contributed by atoms with van der Waals surface area (Å²) in [5.41, 5.74) is 6.91. The van der Waals surface area contributed by atoms with E-state index in [4.69, 9.17) is 5.73 Å². The van der Waals surface area contributed by atoms with Crippen LogP contribution in [0.1, 0.15) is 11.1 Å². The van der Waals surface area contributed by atoms with E-state index < -0.39 is 12.1 Å². The highest BCUT2D eigenvalue weighted by atomic mass is 19.4. The van der Waals surface area contributed by atoms with E-state index in [-0.39, 0.29) is 6.54 Å². The minimum absolute atomic E-state index is 0.0802. The molecule has 0 saturated heterocycles. The fraction of sp³-hybridized carbons (Fsp3) is 0.364. The summed E-state index contributed by atoms with van der Waals surface area (Å²) in [5.74, 6) is -1.85. The number of carbonyl (C=O) groups excluding carboxylic acids is 1. The lowest BCUT2D eigenvalue weighted by Gasteiger charge is -2.18. The first-order chi connectivity index (χ1) is 7.84. The number of amides is 1. The van der Waals surface area contributed by atoms with E-state index >= 15 is 0 Å². The number of nitrogens with two attached hydrogens (primary N) is 1. The van der Waals surface area contributed by atoms with Gasteiger partial charge in [0.25, 0.3) is 0 Å². The monoisotopic (exact) mass is 246 g/mol. The zero-order valence-electron chi connectivity index (χ0n) is 9.29. The van der Waals surface area contributed by atoms with Gasteiger partial charge in [-0.2, -0.15) is 13.2 Å². The maximum absolute atomic E-state index is 12.1. The van der Waals surface area contributed by atoms with E-state index in [0.29, 0.717) is 17.0 Å². The van der Waals surface area contributed by atoms with Gasteiger partial charge in [-0.25, -0.2) is 0 Å². The quantitative estimate of drug-likeness (QED) is 0.881. The summed E-state index contributed by atoms with van der Waals surface area (Å²) in [6.45, 7) is 0.292. The van der Waals surface area contributed by atoms with Gasteiger partial charge in [0.1, 0.15) is 0 Å². The topological polar surface area (TPSA) is 46.3 Å². The SMILES string of the molecule is CN(Cc1ccc(CN)cc1)C(=O)C(F)(F)F. The molecule has 0 radical (unpaired) electrons. The fourth-order valence-electron chi connectivity index (χ4n) is 1.34. The van der Waals surface area contributed by atoms with Crippen LogP contribution in [0, 0.1) is 0 Å². The normalized spacial score (nSPS) is 11.4. The lowest BCUT2D eigenvalue weighted by atomic mass is 10.1. The van der Waals surface area contributed by atoms with E-state index in [0.717, 1.165) is 12.6 Å². The number of carbonyl (C=O) groups is 1. The standard InChI is InChI=1S/C11H13F3N2O/c1-16(10(17)11(12,13)14)7-9-4-2-8(6-15)3-5-9/h2-5H,6-7,15H2,1H3. The van der Waals surface area contributed by atoms with Crippen LogP contribution in [0.15, 0.2) is 24.3 Å². The lowest BCUT2D eigenvalue weighted by molar-refractivity contribution is -0.184. The van der Waals surface area contributed by atoms with Crippen LogP contribution in [0.5, 0.6) is 0 Å². The minimum atomic E-state index is -4.83. The van der Waals surface area contributed by atoms with Gasteiger partial charge in [-0.3, -0.25) is 4.79 Å². The average Bonchev–Trinajstić information content (AvgIpc) is 2.27. The minimum Gasteiger partial charge on any atom is -0.334 e. The summed E-state index contributed by atoms with van der Waals surface area (Å²) in [5, 5.41) is 0. The van der Waals surface area contributed by atoms with Crippen LogP contribution in [0.25, 0.3) is 0 Å². The van der Waals surface area contributed by atoms with Crippen molar-refractivity contribution in [3.8, 4) is 0 Å². The van der Waals surface area contributed by atoms with Crippen LogP contribution in [0.4, 0.5) is 13.2 Å². The summed E-state index contributed by atoms with van der Waals surface area (Å²) >= 11 is 0. The molecule has 1 rings (SSSR count). The second kappa shape index (κ2) is 5.18. The van der Waals surface area contributed by atoms with Gasteiger partial charge in [-0.1, -0.05) is 24.3 Å². The highest BCUT2D eigenvalue weighted by Gasteiger charge is 2.41. The zero-order valence-corrected chi connectivity index (χ0v) is 9.29. The molecule has 1 aromatic carbocycles. The van der Waals surface area contributed by atoms with Crippen molar-refractivity contribution in [2.24, 2.45) is 5.73 Å². The Hall–Kier alpha value is -1.56. The van der Waals surface area contributed by atoms with Gasteiger partial charge in [0.05, 0.1) is 0 Å². The van der Waals surface area contributed by atoms with Crippen LogP contribution in [0.2, 0.25) is 0 Å². The van der Waals surface area contributed by atoms with Crippen LogP contribution in [-0.4, -0.2) is 24.0 Å². The van der Waals surface area contributed by atoms with E-state index in [2.05, 4.69) is 0 Å². The smallest absolute Gasteiger partial charge is 0.334 e. The molecular formula is C11H13F3N2O. The predicted octanol–water partition coefficient (Wildman–Crippen LogP) is 1.67. The molecule has 94 valence electrons. The summed E-state index contributed by atoms with van der Waals surface area (Å²) in [4.78, 5) is 11.5. The van der Waals surface area contributed by atoms with Crippen LogP contribution < -0.4 is 5.73 Å². The molecule has 0 unspecified atom stereocenters. The van der Waals surface area contributed by atoms with Crippen LogP contribution in [-0.2, 0) is 17.9 Å². The van der Waals surface area contributed by atoms with Crippen molar-refractivity contribution in [2.45, 2.75) is 19.3 Å². The van der Waals surface area contributed by atoms with Gasteiger partial charge in [-0.05, 0) is 11.1 Å². The fourth-order valence-corrected chi connectivity index (χ4v) is 1.34. The molecule has 0 fully saturated rings. The third-order valence-corrected chi connectivity index (χ3v) is 2.27. The molecule has 0 spiro atoms. The van der Waals surface area contributed by atoms with Gasteiger partial charge in [0.2, 0.25) is 0 Å². The van der Waals surface area contributed by atoms with Crippen molar-refractivity contribution in [3.05, 3.63) is 35.4 Å². The average molecular weight is 246 g/mol. The third-order valence-electron chi connectivity index (χ3n) is 2.27. The number of alkyl halides is 3. The van der Waals surface area contributed by atoms with Gasteiger partial charge >= 0.3 is 12.1 Å². The number of rotatable bonds is 3. The van der Waals surface area contributed by atoms with Crippen molar-refractivity contribution in [3.63, 3.8) is 0 Å². The zero-order chi connectivity index (χ0) is 13.1. The number of halogens is 3. The number of hydrogen-bond donors (Lipinski definition) is 1. The Morgan fingerprint density at radius 1 is 1.24 bits per heavy atom. The Morgan fingerprint density at radius 3 is 2.12 bits per heavy atom. The van der Waals surface area contributed by atoms with Gasteiger partial charge in [-0.15, -0.1) is 0 Å². The molecular weight excluding hydrogens is 233 g/mol. The molecule has 17 heavy (non-hydrogen) atoms. The lowest BCUT2D eigenvalue weighted by Crippen LogP contribution is -2.37. The van der Waals surface area contributed by atoms with Gasteiger partial charge in [0.15, 0.2) is 0 Å². The second-order valence-electron chi connectivity index (χ2n) is 3.68. The largest absolute Gasteiger partial charge is 0.471 e. The molecule has 0 bridgehead atoms. The van der Waals surface area contributed by atoms with Crippen molar-refractivity contribution < 1.29 is 18.0 Å². The first kappa shape index (κ1) is 13.5. The van der Waals surface area contributed by atoms with Crippen molar-refractivity contribution >= 4 is 5.91 Å². The highest BCUT2D eigenvalue weighted by molar-refractivity contribution is 5.81. The third kappa shape index (κ3) is 3.74. The highest BCUT2D eigenvalue weighted by Crippen LogP contribution is 2.18. The Morgan fingerprint density at radius 2 is 1.71 bits per heavy atom. The first-order valence-electron chi connectivity index (χ1n) is 4.94. The molecule has 0 aliphatic heterocycles. The summed E-state index contributed by atoms with van der Waals surface area (Å²) in [6, 6.07) is 6.76.